The summed E-state index contributed by atoms with van der Waals surface area (Å²) in [4.78, 5) is 16.3. The fraction of sp³-hybridized carbons (Fsp3) is 0.438. The molecule has 25 heavy (non-hydrogen) atoms. The molecule has 0 spiro atoms. The second-order valence-corrected chi connectivity index (χ2v) is 8.34. The number of hydrogen-bond donors (Lipinski definition) is 1. The van der Waals surface area contributed by atoms with Crippen LogP contribution in [0.3, 0.4) is 0 Å². The van der Waals surface area contributed by atoms with Gasteiger partial charge in [-0.2, -0.15) is 13.5 Å². The van der Waals surface area contributed by atoms with E-state index < -0.39 is 10.0 Å². The quantitative estimate of drug-likeness (QED) is 0.891. The molecule has 132 valence electrons. The molecule has 0 radical (unpaired) electrons. The van der Waals surface area contributed by atoms with Gasteiger partial charge in [0.15, 0.2) is 10.8 Å². The van der Waals surface area contributed by atoms with Crippen molar-refractivity contribution < 1.29 is 13.2 Å². The average molecular weight is 361 g/mol. The Morgan fingerprint density at radius 2 is 2.08 bits per heavy atom. The highest BCUT2D eigenvalue weighted by atomic mass is 32.2. The van der Waals surface area contributed by atoms with Crippen molar-refractivity contribution >= 4 is 27.4 Å². The number of carbonyl (C=O) groups excluding carboxylic acids is 1. The van der Waals surface area contributed by atoms with Crippen LogP contribution in [-0.2, 0) is 21.4 Å². The smallest absolute Gasteiger partial charge is 0.283 e. The molecule has 1 N–H and O–H groups in total. The Labute approximate surface area is 145 Å². The lowest BCUT2D eigenvalue weighted by molar-refractivity contribution is -0.115. The van der Waals surface area contributed by atoms with Crippen LogP contribution in [0.1, 0.15) is 25.0 Å². The van der Waals surface area contributed by atoms with Crippen LogP contribution in [-0.4, -0.2) is 35.6 Å². The molecule has 8 nitrogen and oxygen atoms in total. The molecule has 1 saturated carbocycles. The van der Waals surface area contributed by atoms with Gasteiger partial charge in [-0.05, 0) is 43.9 Å². The molecule has 2 aromatic rings. The number of aryl methyl sites for hydroxylation is 1. The second-order valence-electron chi connectivity index (χ2n) is 6.53. The third-order valence-corrected chi connectivity index (χ3v) is 6.46. The zero-order chi connectivity index (χ0) is 17.6. The molecule has 0 bridgehead atoms. The summed E-state index contributed by atoms with van der Waals surface area (Å²) in [5.74, 6) is 0.328. The molecule has 1 fully saturated rings. The van der Waals surface area contributed by atoms with Crippen LogP contribution in [0.25, 0.3) is 0 Å². The molecule has 0 unspecified atom stereocenters. The number of fused-ring (bicyclic) bond motifs is 1. The molecule has 1 aliphatic heterocycles. The van der Waals surface area contributed by atoms with E-state index in [-0.39, 0.29) is 23.3 Å². The van der Waals surface area contributed by atoms with Crippen LogP contribution in [0.15, 0.2) is 29.4 Å². The van der Waals surface area contributed by atoms with Crippen LogP contribution in [0.5, 0.6) is 0 Å². The lowest BCUT2D eigenvalue weighted by atomic mass is 9.85. The number of amides is 1. The summed E-state index contributed by atoms with van der Waals surface area (Å²) < 4.78 is 29.0. The van der Waals surface area contributed by atoms with E-state index >= 15 is 0 Å². The molecule has 0 aromatic carbocycles. The minimum Gasteiger partial charge on any atom is -0.321 e. The van der Waals surface area contributed by atoms with E-state index in [1.54, 1.807) is 19.1 Å². The van der Waals surface area contributed by atoms with Crippen molar-refractivity contribution in [2.45, 2.75) is 37.8 Å². The normalized spacial score (nSPS) is 17.8. The second kappa shape index (κ2) is 5.83. The molecule has 3 heterocycles. The van der Waals surface area contributed by atoms with E-state index in [4.69, 9.17) is 0 Å². The van der Waals surface area contributed by atoms with E-state index in [2.05, 4.69) is 15.4 Å². The Balaban J connectivity index is 1.75. The highest BCUT2D eigenvalue weighted by Crippen LogP contribution is 2.33. The third kappa shape index (κ3) is 2.78. The van der Waals surface area contributed by atoms with Crippen molar-refractivity contribution in [2.24, 2.45) is 5.92 Å². The third-order valence-electron chi connectivity index (χ3n) is 4.70. The van der Waals surface area contributed by atoms with Gasteiger partial charge in [-0.3, -0.25) is 9.48 Å². The van der Waals surface area contributed by atoms with Gasteiger partial charge in [0, 0.05) is 12.2 Å². The number of pyridine rings is 1. The molecule has 1 aliphatic carbocycles. The first-order valence-electron chi connectivity index (χ1n) is 8.27. The Morgan fingerprint density at radius 1 is 1.28 bits per heavy atom. The van der Waals surface area contributed by atoms with E-state index in [0.29, 0.717) is 23.8 Å². The molecule has 9 heteroatoms. The predicted octanol–water partition coefficient (Wildman–Crippen LogP) is 1.53. The van der Waals surface area contributed by atoms with Crippen molar-refractivity contribution in [2.75, 3.05) is 16.2 Å². The van der Waals surface area contributed by atoms with Gasteiger partial charge in [0.05, 0.1) is 11.9 Å². The number of rotatable bonds is 4. The fourth-order valence-corrected chi connectivity index (χ4v) is 4.63. The van der Waals surface area contributed by atoms with Gasteiger partial charge >= 0.3 is 0 Å². The number of anilines is 2. The van der Waals surface area contributed by atoms with Crippen LogP contribution < -0.4 is 9.62 Å². The largest absolute Gasteiger partial charge is 0.321 e. The fourth-order valence-electron chi connectivity index (χ4n) is 3.13. The molecule has 2 aromatic heterocycles. The van der Waals surface area contributed by atoms with Gasteiger partial charge in [0.25, 0.3) is 10.0 Å². The van der Waals surface area contributed by atoms with Crippen LogP contribution in [0.4, 0.5) is 11.5 Å². The Bertz CT molecular complexity index is 933. The number of sulfonamides is 1. The van der Waals surface area contributed by atoms with Crippen LogP contribution >= 0.6 is 0 Å². The topological polar surface area (TPSA) is 97.2 Å². The minimum atomic E-state index is -3.93. The zero-order valence-corrected chi connectivity index (χ0v) is 14.7. The summed E-state index contributed by atoms with van der Waals surface area (Å²) in [6.07, 6.45) is 4.85. The van der Waals surface area contributed by atoms with E-state index in [1.165, 1.54) is 23.4 Å². The van der Waals surface area contributed by atoms with Crippen molar-refractivity contribution in [3.05, 3.63) is 30.1 Å². The Morgan fingerprint density at radius 3 is 2.80 bits per heavy atom. The highest BCUT2D eigenvalue weighted by Gasteiger charge is 2.36. The Hall–Kier alpha value is -2.42. The first-order valence-corrected chi connectivity index (χ1v) is 9.71. The SMILES string of the molecule is Cc1ccc2c(n1)N(S(=O)(=O)c1ccnn1CC1CCC1)CC(=O)N2. The van der Waals surface area contributed by atoms with Gasteiger partial charge in [-0.15, -0.1) is 0 Å². The number of aromatic nitrogens is 3. The van der Waals surface area contributed by atoms with Gasteiger partial charge in [-0.25, -0.2) is 9.29 Å². The molecule has 4 rings (SSSR count). The van der Waals surface area contributed by atoms with Crippen LogP contribution in [0, 0.1) is 12.8 Å². The van der Waals surface area contributed by atoms with E-state index in [0.717, 1.165) is 17.1 Å². The molecule has 0 saturated heterocycles. The van der Waals surface area contributed by atoms with Crippen molar-refractivity contribution in [3.8, 4) is 0 Å². The van der Waals surface area contributed by atoms with E-state index in [1.807, 2.05) is 0 Å². The first-order chi connectivity index (χ1) is 11.9. The number of nitrogens with one attached hydrogen (secondary N) is 1. The minimum absolute atomic E-state index is 0.100. The first kappa shape index (κ1) is 16.1. The van der Waals surface area contributed by atoms with Gasteiger partial charge < -0.3 is 5.32 Å². The molecule has 2 aliphatic rings. The maximum absolute atomic E-state index is 13.2. The molecular formula is C16H19N5O3S. The van der Waals surface area contributed by atoms with Crippen LogP contribution in [0.2, 0.25) is 0 Å². The van der Waals surface area contributed by atoms with Crippen molar-refractivity contribution in [3.63, 3.8) is 0 Å². The van der Waals surface area contributed by atoms with Gasteiger partial charge in [0.1, 0.15) is 6.54 Å². The van der Waals surface area contributed by atoms with E-state index in [9.17, 15) is 13.2 Å². The van der Waals surface area contributed by atoms with Crippen molar-refractivity contribution in [1.82, 2.24) is 14.8 Å². The maximum atomic E-state index is 13.2. The van der Waals surface area contributed by atoms with Gasteiger partial charge in [-0.1, -0.05) is 6.42 Å². The lowest BCUT2D eigenvalue weighted by Crippen LogP contribution is -2.43. The number of hydrogen-bond acceptors (Lipinski definition) is 5. The predicted molar refractivity (Wildman–Crippen MR) is 91.7 cm³/mol. The highest BCUT2D eigenvalue weighted by molar-refractivity contribution is 7.92. The maximum Gasteiger partial charge on any atom is 0.283 e. The monoisotopic (exact) mass is 361 g/mol. The number of carbonyl (C=O) groups is 1. The summed E-state index contributed by atoms with van der Waals surface area (Å²) in [7, 11) is -3.93. The Kier molecular flexibility index (Phi) is 3.75. The molecule has 1 amide bonds. The molecular weight excluding hydrogens is 342 g/mol. The van der Waals surface area contributed by atoms with Gasteiger partial charge in [0.2, 0.25) is 5.91 Å². The summed E-state index contributed by atoms with van der Waals surface area (Å²) >= 11 is 0. The number of nitrogens with zero attached hydrogens (tertiary/aromatic N) is 4. The lowest BCUT2D eigenvalue weighted by Gasteiger charge is -2.30. The molecule has 0 atom stereocenters. The zero-order valence-electron chi connectivity index (χ0n) is 13.8. The average Bonchev–Trinajstić information content (AvgIpc) is 2.99. The summed E-state index contributed by atoms with van der Waals surface area (Å²) in [6.45, 7) is 2.07. The summed E-state index contributed by atoms with van der Waals surface area (Å²) in [6, 6.07) is 4.88. The van der Waals surface area contributed by atoms with Crippen molar-refractivity contribution in [1.29, 1.82) is 0 Å². The standard InChI is InChI=1S/C16H19N5O3S/c1-11-5-6-13-16(18-11)21(10-14(22)19-13)25(23,24)15-7-8-17-20(15)9-12-3-2-4-12/h5-8,12H,2-4,9-10H2,1H3,(H,19,22). The summed E-state index contributed by atoms with van der Waals surface area (Å²) in [5.41, 5.74) is 1.08. The summed E-state index contributed by atoms with van der Waals surface area (Å²) in [5, 5.41) is 6.95.